The molecule has 1 saturated heterocycles. The third-order valence-corrected chi connectivity index (χ3v) is 9.87. The van der Waals surface area contributed by atoms with Crippen molar-refractivity contribution >= 4 is 33.3 Å². The molecule has 1 atom stereocenters. The van der Waals surface area contributed by atoms with Crippen molar-refractivity contribution in [2.45, 2.75) is 56.5 Å². The SMILES string of the molecule is CN1CCN(C2CCC(n3nc(-c4ccc(C5CCc6sc(N)nc65)cc4)c4c(N)ncnc43)CC2)CC1. The van der Waals surface area contributed by atoms with Gasteiger partial charge in [-0.1, -0.05) is 24.3 Å². The van der Waals surface area contributed by atoms with Crippen LogP contribution in [0.1, 0.15) is 60.2 Å². The molecule has 9 nitrogen and oxygen atoms in total. The summed E-state index contributed by atoms with van der Waals surface area (Å²) in [4.78, 5) is 20.1. The van der Waals surface area contributed by atoms with Gasteiger partial charge in [0.25, 0.3) is 0 Å². The van der Waals surface area contributed by atoms with Crippen molar-refractivity contribution < 1.29 is 0 Å². The molecule has 3 aromatic heterocycles. The van der Waals surface area contributed by atoms with Crippen LogP contribution in [0.15, 0.2) is 30.6 Å². The Bertz CT molecular complexity index is 1440. The van der Waals surface area contributed by atoms with Crippen LogP contribution in [0.3, 0.4) is 0 Å². The quantitative estimate of drug-likeness (QED) is 0.409. The van der Waals surface area contributed by atoms with Gasteiger partial charge in [-0.15, -0.1) is 11.3 Å². The first-order valence-electron chi connectivity index (χ1n) is 13.8. The highest BCUT2D eigenvalue weighted by Crippen LogP contribution is 2.42. The first-order chi connectivity index (χ1) is 18.5. The number of nitrogens with two attached hydrogens (primary N) is 2. The number of hydrogen-bond acceptors (Lipinski definition) is 9. The Kier molecular flexibility index (Phi) is 6.05. The molecule has 198 valence electrons. The standard InChI is InChI=1S/C28H35N9S/c1-35-12-14-36(15-13-35)19-6-8-20(9-7-19)37-27-23(26(29)31-16-32-27)24(34-37)18-4-2-17(3-5-18)21-10-11-22-25(21)33-28(30)38-22/h2-5,16,19-21H,6-15H2,1H3,(H2,30,33)(H2,29,31,32). The van der Waals surface area contributed by atoms with E-state index < -0.39 is 0 Å². The van der Waals surface area contributed by atoms with Crippen LogP contribution in [0, 0.1) is 0 Å². The Morgan fingerprint density at radius 1 is 0.895 bits per heavy atom. The number of anilines is 2. The van der Waals surface area contributed by atoms with Gasteiger partial charge in [0.1, 0.15) is 17.8 Å². The molecule has 0 radical (unpaired) electrons. The molecule has 4 N–H and O–H groups in total. The van der Waals surface area contributed by atoms with Gasteiger partial charge in [0.05, 0.1) is 17.1 Å². The Morgan fingerprint density at radius 2 is 1.63 bits per heavy atom. The molecule has 1 saturated carbocycles. The van der Waals surface area contributed by atoms with Crippen molar-refractivity contribution in [1.29, 1.82) is 0 Å². The molecule has 0 spiro atoms. The van der Waals surface area contributed by atoms with E-state index in [1.54, 1.807) is 17.7 Å². The summed E-state index contributed by atoms with van der Waals surface area (Å²) in [5.74, 6) is 0.802. The summed E-state index contributed by atoms with van der Waals surface area (Å²) < 4.78 is 2.14. The van der Waals surface area contributed by atoms with Crippen molar-refractivity contribution in [3.8, 4) is 11.3 Å². The van der Waals surface area contributed by atoms with Gasteiger partial charge in [0.15, 0.2) is 10.8 Å². The monoisotopic (exact) mass is 529 g/mol. The molecule has 4 aromatic rings. The molecular weight excluding hydrogens is 494 g/mol. The van der Waals surface area contributed by atoms with E-state index in [4.69, 9.17) is 16.6 Å². The highest BCUT2D eigenvalue weighted by atomic mass is 32.1. The molecule has 10 heteroatoms. The number of benzene rings is 1. The third-order valence-electron chi connectivity index (χ3n) is 8.91. The highest BCUT2D eigenvalue weighted by molar-refractivity contribution is 7.15. The summed E-state index contributed by atoms with van der Waals surface area (Å²) in [6.07, 6.45) is 8.32. The van der Waals surface area contributed by atoms with Crippen LogP contribution in [0.25, 0.3) is 22.3 Å². The highest BCUT2D eigenvalue weighted by Gasteiger charge is 2.31. The summed E-state index contributed by atoms with van der Waals surface area (Å²) in [5.41, 5.74) is 17.6. The molecule has 4 heterocycles. The number of nitrogens with zero attached hydrogens (tertiary/aromatic N) is 7. The van der Waals surface area contributed by atoms with Crippen molar-refractivity contribution in [2.75, 3.05) is 44.7 Å². The lowest BCUT2D eigenvalue weighted by Crippen LogP contribution is -2.49. The van der Waals surface area contributed by atoms with Gasteiger partial charge in [0.2, 0.25) is 0 Å². The van der Waals surface area contributed by atoms with Gasteiger partial charge in [-0.2, -0.15) is 5.10 Å². The molecule has 0 bridgehead atoms. The molecule has 1 aliphatic heterocycles. The number of aryl methyl sites for hydroxylation is 1. The van der Waals surface area contributed by atoms with E-state index in [-0.39, 0.29) is 0 Å². The molecule has 38 heavy (non-hydrogen) atoms. The summed E-state index contributed by atoms with van der Waals surface area (Å²) in [6.45, 7) is 4.69. The Hall–Kier alpha value is -3.08. The van der Waals surface area contributed by atoms with Crippen LogP contribution in [-0.2, 0) is 6.42 Å². The second-order valence-corrected chi connectivity index (χ2v) is 12.2. The van der Waals surface area contributed by atoms with Crippen molar-refractivity contribution in [3.63, 3.8) is 0 Å². The van der Waals surface area contributed by atoms with E-state index in [1.165, 1.54) is 49.5 Å². The summed E-state index contributed by atoms with van der Waals surface area (Å²) in [7, 11) is 2.22. The molecular formula is C28H35N9S. The van der Waals surface area contributed by atoms with Gasteiger partial charge in [-0.05, 0) is 51.1 Å². The maximum atomic E-state index is 6.42. The van der Waals surface area contributed by atoms with Crippen LogP contribution in [0.4, 0.5) is 10.9 Å². The van der Waals surface area contributed by atoms with Gasteiger partial charge in [0, 0.05) is 48.6 Å². The third kappa shape index (κ3) is 4.15. The van der Waals surface area contributed by atoms with Crippen LogP contribution < -0.4 is 11.5 Å². The van der Waals surface area contributed by atoms with Crippen LogP contribution in [0.2, 0.25) is 0 Å². The number of aromatic nitrogens is 5. The number of piperazine rings is 1. The Labute approximate surface area is 226 Å². The first kappa shape index (κ1) is 24.0. The van der Waals surface area contributed by atoms with Crippen LogP contribution in [-0.4, -0.2) is 73.8 Å². The van der Waals surface area contributed by atoms with Crippen molar-refractivity contribution in [1.82, 2.24) is 34.5 Å². The minimum absolute atomic E-state index is 0.311. The summed E-state index contributed by atoms with van der Waals surface area (Å²) in [6, 6.07) is 9.74. The summed E-state index contributed by atoms with van der Waals surface area (Å²) >= 11 is 1.62. The van der Waals surface area contributed by atoms with Crippen molar-refractivity contribution in [2.24, 2.45) is 0 Å². The van der Waals surface area contributed by atoms with E-state index in [2.05, 4.69) is 60.7 Å². The predicted molar refractivity (Wildman–Crippen MR) is 152 cm³/mol. The van der Waals surface area contributed by atoms with E-state index in [0.29, 0.717) is 29.0 Å². The van der Waals surface area contributed by atoms with Gasteiger partial charge in [-0.25, -0.2) is 19.6 Å². The molecule has 1 unspecified atom stereocenters. The maximum absolute atomic E-state index is 6.42. The Morgan fingerprint density at radius 3 is 2.39 bits per heavy atom. The second kappa shape index (κ2) is 9.59. The number of likely N-dealkylation sites (N-methyl/N-ethyl adjacent to an activating group) is 1. The second-order valence-electron chi connectivity index (χ2n) is 11.1. The number of nitrogen functional groups attached to an aromatic ring is 2. The summed E-state index contributed by atoms with van der Waals surface area (Å²) in [5, 5.41) is 6.67. The van der Waals surface area contributed by atoms with E-state index in [1.807, 2.05) is 0 Å². The van der Waals surface area contributed by atoms with Gasteiger partial charge in [-0.3, -0.25) is 4.90 Å². The minimum Gasteiger partial charge on any atom is -0.383 e. The smallest absolute Gasteiger partial charge is 0.180 e. The fraction of sp³-hybridized carbons (Fsp3) is 0.500. The predicted octanol–water partition coefficient (Wildman–Crippen LogP) is 3.92. The number of fused-ring (bicyclic) bond motifs is 2. The molecule has 7 rings (SSSR count). The molecule has 1 aromatic carbocycles. The topological polar surface area (TPSA) is 115 Å². The zero-order chi connectivity index (χ0) is 25.8. The van der Waals surface area contributed by atoms with Crippen LogP contribution >= 0.6 is 11.3 Å². The number of thiazole rings is 1. The molecule has 2 fully saturated rings. The zero-order valence-corrected chi connectivity index (χ0v) is 22.7. The van der Waals surface area contributed by atoms with Gasteiger partial charge >= 0.3 is 0 Å². The lowest BCUT2D eigenvalue weighted by atomic mass is 9.90. The zero-order valence-electron chi connectivity index (χ0n) is 21.9. The largest absolute Gasteiger partial charge is 0.383 e. The van der Waals surface area contributed by atoms with Crippen molar-refractivity contribution in [3.05, 3.63) is 46.7 Å². The average Bonchev–Trinajstić information content (AvgIpc) is 3.62. The fourth-order valence-electron chi connectivity index (χ4n) is 6.75. The molecule has 3 aliphatic rings. The fourth-order valence-corrected chi connectivity index (χ4v) is 7.66. The normalized spacial score (nSPS) is 24.7. The average molecular weight is 530 g/mol. The Balaban J connectivity index is 1.15. The number of rotatable bonds is 4. The minimum atomic E-state index is 0.311. The maximum Gasteiger partial charge on any atom is 0.180 e. The number of hydrogen-bond donors (Lipinski definition) is 2. The first-order valence-corrected chi connectivity index (χ1v) is 14.6. The van der Waals surface area contributed by atoms with Crippen LogP contribution in [0.5, 0.6) is 0 Å². The van der Waals surface area contributed by atoms with E-state index in [9.17, 15) is 0 Å². The lowest BCUT2D eigenvalue weighted by Gasteiger charge is -2.41. The van der Waals surface area contributed by atoms with Gasteiger partial charge < -0.3 is 16.4 Å². The molecule has 2 aliphatic carbocycles. The molecule has 0 amide bonds. The van der Waals surface area contributed by atoms with E-state index in [0.717, 1.165) is 53.7 Å². The lowest BCUT2D eigenvalue weighted by molar-refractivity contribution is 0.0815. The van der Waals surface area contributed by atoms with E-state index >= 15 is 0 Å².